The Bertz CT molecular complexity index is 836. The smallest absolute Gasteiger partial charge is 0.408 e. The number of carboxylic acid groups (broad SMARTS) is 1. The average Bonchev–Trinajstić information content (AvgIpc) is 3.51. The van der Waals surface area contributed by atoms with Gasteiger partial charge in [-0.2, -0.15) is 5.48 Å². The van der Waals surface area contributed by atoms with Crippen LogP contribution in [0.25, 0.3) is 0 Å². The largest absolute Gasteiger partial charge is 0.480 e. The molecule has 2 heterocycles. The number of guanidine groups is 1. The number of aliphatic imine (C=N–C) groups is 1. The summed E-state index contributed by atoms with van der Waals surface area (Å²) in [5.74, 6) is -0.872. The lowest BCUT2D eigenvalue weighted by Crippen LogP contribution is -2.51. The topological polar surface area (TPSA) is 162 Å². The maximum Gasteiger partial charge on any atom is 0.408 e. The van der Waals surface area contributed by atoms with Gasteiger partial charge in [0, 0.05) is 26.1 Å². The molecule has 0 spiro atoms. The Morgan fingerprint density at radius 2 is 2.09 bits per heavy atom. The second-order valence-electron chi connectivity index (χ2n) is 7.71. The minimum atomic E-state index is -1.33. The van der Waals surface area contributed by atoms with Gasteiger partial charge in [0.15, 0.2) is 5.96 Å². The van der Waals surface area contributed by atoms with E-state index >= 15 is 0 Å². The predicted molar refractivity (Wildman–Crippen MR) is 118 cm³/mol. The second-order valence-corrected chi connectivity index (χ2v) is 7.71. The monoisotopic (exact) mass is 462 g/mol. The number of carbonyl (C=O) groups excluding carboxylic acids is 2. The van der Waals surface area contributed by atoms with Crippen LogP contribution in [0, 0.1) is 0 Å². The van der Waals surface area contributed by atoms with Gasteiger partial charge >= 0.3 is 12.1 Å². The van der Waals surface area contributed by atoms with Crippen LogP contribution >= 0.6 is 0 Å². The van der Waals surface area contributed by atoms with Gasteiger partial charge in [-0.3, -0.25) is 14.6 Å². The van der Waals surface area contributed by atoms with Crippen LogP contribution in [0.15, 0.2) is 35.3 Å². The van der Waals surface area contributed by atoms with Crippen molar-refractivity contribution in [3.05, 3.63) is 35.9 Å². The summed E-state index contributed by atoms with van der Waals surface area (Å²) in [6.45, 7) is 2.10. The number of ether oxygens (including phenoxy) is 1. The molecule has 0 radical (unpaired) electrons. The number of carboxylic acids is 1. The predicted octanol–water partition coefficient (Wildman–Crippen LogP) is -0.527. The highest BCUT2D eigenvalue weighted by Crippen LogP contribution is 2.15. The summed E-state index contributed by atoms with van der Waals surface area (Å²) < 4.78 is 5.03. The summed E-state index contributed by atoms with van der Waals surface area (Å²) in [6, 6.07) is 7.09. The molecule has 2 amide bonds. The fourth-order valence-corrected chi connectivity index (χ4v) is 3.36. The zero-order chi connectivity index (χ0) is 23.5. The lowest BCUT2D eigenvalue weighted by molar-refractivity contribution is -0.139. The molecule has 6 N–H and O–H groups in total. The van der Waals surface area contributed by atoms with Crippen molar-refractivity contribution in [3.63, 3.8) is 0 Å². The van der Waals surface area contributed by atoms with Gasteiger partial charge in [-0.15, -0.1) is 0 Å². The number of nitrogens with zero attached hydrogens (tertiary/aromatic N) is 1. The van der Waals surface area contributed by atoms with Crippen molar-refractivity contribution in [2.24, 2.45) is 4.99 Å². The fraction of sp³-hybridized carbons (Fsp3) is 0.524. The molecule has 1 aromatic carbocycles. The Labute approximate surface area is 191 Å². The molecule has 180 valence electrons. The van der Waals surface area contributed by atoms with Crippen LogP contribution in [0.3, 0.4) is 0 Å². The summed E-state index contributed by atoms with van der Waals surface area (Å²) >= 11 is 0. The summed E-state index contributed by atoms with van der Waals surface area (Å²) in [5, 5.41) is 20.5. The SMILES string of the molecule is O=C(N[C@@H](CNC(=O)[C@H]1C[C@H](CCCNC2=NCCN2)ON1)C(=O)O)OCc1ccccc1. The number of nitrogens with one attached hydrogen (secondary N) is 5. The molecule has 0 aliphatic carbocycles. The lowest BCUT2D eigenvalue weighted by Gasteiger charge is -2.16. The molecular weight excluding hydrogens is 432 g/mol. The molecule has 1 saturated heterocycles. The van der Waals surface area contributed by atoms with Crippen LogP contribution in [0.4, 0.5) is 4.79 Å². The standard InChI is InChI=1S/C21H30N6O6/c28-18(16-11-15(33-27-16)7-4-8-22-20-23-9-10-24-20)25-12-17(19(29)30)26-21(31)32-13-14-5-2-1-3-6-14/h1-3,5-6,15-17,27H,4,7-13H2,(H,25,28)(H,26,31)(H,29,30)(H2,22,23,24)/t15-,16+,17-/m0/s1. The van der Waals surface area contributed by atoms with Crippen LogP contribution in [0.5, 0.6) is 0 Å². The minimum Gasteiger partial charge on any atom is -0.480 e. The summed E-state index contributed by atoms with van der Waals surface area (Å²) in [7, 11) is 0. The van der Waals surface area contributed by atoms with Gasteiger partial charge in [-0.1, -0.05) is 30.3 Å². The van der Waals surface area contributed by atoms with Crippen LogP contribution < -0.4 is 26.7 Å². The van der Waals surface area contributed by atoms with Gasteiger partial charge in [0.05, 0.1) is 12.6 Å². The van der Waals surface area contributed by atoms with E-state index in [2.05, 4.69) is 31.7 Å². The number of hydrogen-bond donors (Lipinski definition) is 6. The zero-order valence-electron chi connectivity index (χ0n) is 18.2. The fourth-order valence-electron chi connectivity index (χ4n) is 3.36. The van der Waals surface area contributed by atoms with Gasteiger partial charge < -0.3 is 31.1 Å². The number of rotatable bonds is 11. The third-order valence-electron chi connectivity index (χ3n) is 5.14. The first-order valence-corrected chi connectivity index (χ1v) is 10.9. The van der Waals surface area contributed by atoms with Crippen molar-refractivity contribution >= 4 is 23.9 Å². The number of hydrogen-bond acceptors (Lipinski definition) is 9. The van der Waals surface area contributed by atoms with Gasteiger partial charge in [-0.05, 0) is 18.4 Å². The van der Waals surface area contributed by atoms with Gasteiger partial charge in [-0.25, -0.2) is 9.59 Å². The van der Waals surface area contributed by atoms with E-state index in [1.54, 1.807) is 24.3 Å². The Morgan fingerprint density at radius 1 is 1.27 bits per heavy atom. The number of hydroxylamine groups is 1. The maximum absolute atomic E-state index is 12.4. The van der Waals surface area contributed by atoms with E-state index in [0.717, 1.165) is 44.0 Å². The first kappa shape index (κ1) is 24.3. The molecule has 1 fully saturated rings. The highest BCUT2D eigenvalue weighted by atomic mass is 16.7. The van der Waals surface area contributed by atoms with Gasteiger partial charge in [0.25, 0.3) is 0 Å². The number of alkyl carbamates (subject to hydrolysis) is 1. The lowest BCUT2D eigenvalue weighted by atomic mass is 10.1. The Hall–Kier alpha value is -3.38. The quantitative estimate of drug-likeness (QED) is 0.237. The number of amides is 2. The molecule has 0 aromatic heterocycles. The highest BCUT2D eigenvalue weighted by molar-refractivity contribution is 5.84. The summed E-state index contributed by atoms with van der Waals surface area (Å²) in [4.78, 5) is 45.5. The van der Waals surface area contributed by atoms with E-state index in [1.165, 1.54) is 0 Å². The van der Waals surface area contributed by atoms with E-state index < -0.39 is 30.1 Å². The summed E-state index contributed by atoms with van der Waals surface area (Å²) in [6.07, 6.45) is 1.06. The first-order chi connectivity index (χ1) is 16.0. The van der Waals surface area contributed by atoms with Crippen molar-refractivity contribution < 1.29 is 29.1 Å². The van der Waals surface area contributed by atoms with E-state index in [9.17, 15) is 19.5 Å². The van der Waals surface area contributed by atoms with Crippen molar-refractivity contribution in [1.29, 1.82) is 0 Å². The second kappa shape index (κ2) is 12.6. The average molecular weight is 463 g/mol. The Kier molecular flexibility index (Phi) is 9.27. The van der Waals surface area contributed by atoms with Gasteiger partial charge in [0.2, 0.25) is 5.91 Å². The van der Waals surface area contributed by atoms with Crippen molar-refractivity contribution in [2.45, 2.75) is 44.1 Å². The summed E-state index contributed by atoms with van der Waals surface area (Å²) in [5.41, 5.74) is 3.47. The maximum atomic E-state index is 12.4. The molecule has 1 aromatic rings. The van der Waals surface area contributed by atoms with Crippen LogP contribution in [-0.2, 0) is 25.8 Å². The molecular formula is C21H30N6O6. The Morgan fingerprint density at radius 3 is 2.82 bits per heavy atom. The van der Waals surface area contributed by atoms with Crippen molar-refractivity contribution in [1.82, 2.24) is 26.7 Å². The molecule has 3 atom stereocenters. The molecule has 33 heavy (non-hydrogen) atoms. The van der Waals surface area contributed by atoms with Crippen molar-refractivity contribution in [3.8, 4) is 0 Å². The van der Waals surface area contributed by atoms with E-state index in [0.29, 0.717) is 6.42 Å². The molecule has 0 bridgehead atoms. The van der Waals surface area contributed by atoms with Gasteiger partial charge in [0.1, 0.15) is 18.7 Å². The molecule has 3 rings (SSSR count). The van der Waals surface area contributed by atoms with Crippen LogP contribution in [-0.4, -0.2) is 73.4 Å². The molecule has 0 saturated carbocycles. The molecule has 0 unspecified atom stereocenters. The first-order valence-electron chi connectivity index (χ1n) is 10.9. The molecule has 2 aliphatic rings. The van der Waals surface area contributed by atoms with Crippen LogP contribution in [0.2, 0.25) is 0 Å². The number of carbonyl (C=O) groups is 3. The number of benzene rings is 1. The van der Waals surface area contributed by atoms with E-state index in [4.69, 9.17) is 9.57 Å². The van der Waals surface area contributed by atoms with Crippen LogP contribution in [0.1, 0.15) is 24.8 Å². The third-order valence-corrected chi connectivity index (χ3v) is 5.14. The Balaban J connectivity index is 1.32. The zero-order valence-corrected chi connectivity index (χ0v) is 18.2. The van der Waals surface area contributed by atoms with Crippen molar-refractivity contribution in [2.75, 3.05) is 26.2 Å². The minimum absolute atomic E-state index is 0.0102. The molecule has 12 heteroatoms. The molecule has 12 nitrogen and oxygen atoms in total. The highest BCUT2D eigenvalue weighted by Gasteiger charge is 2.31. The van der Waals surface area contributed by atoms with E-state index in [-0.39, 0.29) is 19.3 Å². The molecule has 2 aliphatic heterocycles. The third kappa shape index (κ3) is 8.24. The normalized spacial score (nSPS) is 20.3. The number of aliphatic carboxylic acids is 1. The van der Waals surface area contributed by atoms with E-state index in [1.807, 2.05) is 6.07 Å².